The summed E-state index contributed by atoms with van der Waals surface area (Å²) >= 11 is 7.57. The van der Waals surface area contributed by atoms with E-state index in [0.29, 0.717) is 10.7 Å². The van der Waals surface area contributed by atoms with Crippen molar-refractivity contribution < 1.29 is 4.79 Å². The van der Waals surface area contributed by atoms with E-state index in [2.05, 4.69) is 4.98 Å². The van der Waals surface area contributed by atoms with E-state index >= 15 is 0 Å². The van der Waals surface area contributed by atoms with Crippen molar-refractivity contribution >= 4 is 40.5 Å². The quantitative estimate of drug-likeness (QED) is 0.443. The molecule has 0 amide bonds. The van der Waals surface area contributed by atoms with Crippen LogP contribution in [0, 0.1) is 3.57 Å². The van der Waals surface area contributed by atoms with E-state index in [1.165, 1.54) is 6.20 Å². The van der Waals surface area contributed by atoms with Crippen LogP contribution in [0.3, 0.4) is 0 Å². The fourth-order valence-electron chi connectivity index (χ4n) is 0.505. The number of nitrogens with zero attached hydrogens (tertiary/aromatic N) is 1. The summed E-state index contributed by atoms with van der Waals surface area (Å²) in [6.45, 7) is 0. The van der Waals surface area contributed by atoms with Crippen LogP contribution in [0.1, 0.15) is 10.4 Å². The van der Waals surface area contributed by atoms with Gasteiger partial charge in [-0.05, 0) is 28.7 Å². The Labute approximate surface area is 76.7 Å². The summed E-state index contributed by atoms with van der Waals surface area (Å²) in [5.74, 6) is 0. The number of pyridine rings is 1. The van der Waals surface area contributed by atoms with E-state index in [-0.39, 0.29) is 0 Å². The largest absolute Gasteiger partial charge is 0.298 e. The predicted molar refractivity (Wildman–Crippen MR) is 47.4 cm³/mol. The molecule has 0 bridgehead atoms. The van der Waals surface area contributed by atoms with Gasteiger partial charge in [0.25, 0.3) is 0 Å². The fraction of sp³-hybridized carbons (Fsp3) is 0. The third-order valence-electron chi connectivity index (χ3n) is 0.976. The molecule has 1 heterocycles. The molecule has 0 fully saturated rings. The minimum Gasteiger partial charge on any atom is -0.298 e. The molecule has 1 aromatic heterocycles. The average molecular weight is 267 g/mol. The summed E-state index contributed by atoms with van der Waals surface area (Å²) in [4.78, 5) is 14.0. The molecule has 0 aliphatic rings. The average Bonchev–Trinajstić information content (AvgIpc) is 1.88. The molecule has 0 N–H and O–H groups in total. The highest BCUT2D eigenvalue weighted by Gasteiger charge is 1.98. The Morgan fingerprint density at radius 1 is 1.70 bits per heavy atom. The highest BCUT2D eigenvalue weighted by molar-refractivity contribution is 14.1. The van der Waals surface area contributed by atoms with E-state index in [9.17, 15) is 4.79 Å². The molecule has 52 valence electrons. The van der Waals surface area contributed by atoms with Crippen LogP contribution in [-0.2, 0) is 0 Å². The first-order valence-electron chi connectivity index (χ1n) is 2.50. The first-order valence-corrected chi connectivity index (χ1v) is 3.96. The van der Waals surface area contributed by atoms with E-state index in [4.69, 9.17) is 11.6 Å². The van der Waals surface area contributed by atoms with Gasteiger partial charge in [0.1, 0.15) is 5.15 Å². The minimum absolute atomic E-state index is 0.412. The lowest BCUT2D eigenvalue weighted by Gasteiger charge is -1.93. The molecule has 0 atom stereocenters. The number of rotatable bonds is 1. The Balaban J connectivity index is 3.19. The first kappa shape index (κ1) is 7.94. The number of aromatic nitrogens is 1. The summed E-state index contributed by atoms with van der Waals surface area (Å²) in [6, 6.07) is 1.64. The second-order valence-electron chi connectivity index (χ2n) is 1.65. The highest BCUT2D eigenvalue weighted by atomic mass is 127. The number of carbonyl (C=O) groups excluding carboxylic acids is 1. The summed E-state index contributed by atoms with van der Waals surface area (Å²) < 4.78 is 0.826. The zero-order chi connectivity index (χ0) is 7.56. The van der Waals surface area contributed by atoms with Crippen LogP contribution in [-0.4, -0.2) is 11.3 Å². The van der Waals surface area contributed by atoms with Gasteiger partial charge in [0.05, 0.1) is 0 Å². The van der Waals surface area contributed by atoms with E-state index in [0.717, 1.165) is 9.86 Å². The molecule has 4 heteroatoms. The van der Waals surface area contributed by atoms with Gasteiger partial charge in [-0.2, -0.15) is 0 Å². The minimum atomic E-state index is 0.412. The van der Waals surface area contributed by atoms with Crippen LogP contribution in [0.2, 0.25) is 5.15 Å². The van der Waals surface area contributed by atoms with Crippen molar-refractivity contribution in [2.45, 2.75) is 0 Å². The van der Waals surface area contributed by atoms with Crippen molar-refractivity contribution in [3.05, 3.63) is 26.5 Å². The van der Waals surface area contributed by atoms with Gasteiger partial charge in [-0.25, -0.2) is 4.98 Å². The predicted octanol–water partition coefficient (Wildman–Crippen LogP) is 2.15. The number of halogens is 2. The van der Waals surface area contributed by atoms with Crippen molar-refractivity contribution in [2.75, 3.05) is 0 Å². The normalized spacial score (nSPS) is 9.40. The van der Waals surface area contributed by atoms with Gasteiger partial charge in [-0.15, -0.1) is 0 Å². The Hall–Kier alpha value is -0.160. The maximum Gasteiger partial charge on any atom is 0.152 e. The zero-order valence-corrected chi connectivity index (χ0v) is 7.76. The zero-order valence-electron chi connectivity index (χ0n) is 4.84. The third-order valence-corrected chi connectivity index (χ3v) is 2.12. The lowest BCUT2D eigenvalue weighted by Crippen LogP contribution is -1.87. The van der Waals surface area contributed by atoms with E-state index in [1.54, 1.807) is 6.07 Å². The lowest BCUT2D eigenvalue weighted by molar-refractivity contribution is 0.112. The smallest absolute Gasteiger partial charge is 0.152 e. The van der Waals surface area contributed by atoms with E-state index < -0.39 is 0 Å². The van der Waals surface area contributed by atoms with Crippen molar-refractivity contribution in [2.24, 2.45) is 0 Å². The molecule has 0 aliphatic carbocycles. The lowest BCUT2D eigenvalue weighted by atomic mass is 10.3. The molecule has 0 unspecified atom stereocenters. The van der Waals surface area contributed by atoms with Gasteiger partial charge < -0.3 is 0 Å². The Morgan fingerprint density at radius 3 is 2.90 bits per heavy atom. The summed E-state index contributed by atoms with van der Waals surface area (Å²) in [7, 11) is 0. The number of carbonyl (C=O) groups is 1. The highest BCUT2D eigenvalue weighted by Crippen LogP contribution is 2.13. The van der Waals surface area contributed by atoms with Gasteiger partial charge in [-0.1, -0.05) is 11.6 Å². The topological polar surface area (TPSA) is 30.0 Å². The third kappa shape index (κ3) is 1.67. The van der Waals surface area contributed by atoms with Gasteiger partial charge in [-0.3, -0.25) is 4.79 Å². The van der Waals surface area contributed by atoms with Crippen LogP contribution in [0.4, 0.5) is 0 Å². The molecule has 10 heavy (non-hydrogen) atoms. The van der Waals surface area contributed by atoms with Gasteiger partial charge in [0.2, 0.25) is 0 Å². The molecule has 1 rings (SSSR count). The maximum atomic E-state index is 10.3. The van der Waals surface area contributed by atoms with Crippen molar-refractivity contribution in [3.63, 3.8) is 0 Å². The Kier molecular flexibility index (Phi) is 2.62. The van der Waals surface area contributed by atoms with Crippen molar-refractivity contribution in [1.29, 1.82) is 0 Å². The van der Waals surface area contributed by atoms with E-state index in [1.807, 2.05) is 22.6 Å². The van der Waals surface area contributed by atoms with Crippen molar-refractivity contribution in [1.82, 2.24) is 4.98 Å². The molecule has 0 radical (unpaired) electrons. The second-order valence-corrected chi connectivity index (χ2v) is 3.20. The van der Waals surface area contributed by atoms with Gasteiger partial charge >= 0.3 is 0 Å². The van der Waals surface area contributed by atoms with Gasteiger partial charge in [0.15, 0.2) is 6.29 Å². The standard InChI is InChI=1S/C6H3ClINO/c7-6-1-5(8)4(3-10)2-9-6/h1-3H. The molecular formula is C6H3ClINO. The Morgan fingerprint density at radius 2 is 2.40 bits per heavy atom. The molecule has 0 saturated carbocycles. The van der Waals surface area contributed by atoms with Crippen LogP contribution < -0.4 is 0 Å². The number of hydrogen-bond donors (Lipinski definition) is 0. The molecule has 0 spiro atoms. The molecule has 1 aromatic rings. The molecule has 0 aromatic carbocycles. The molecular weight excluding hydrogens is 264 g/mol. The van der Waals surface area contributed by atoms with Crippen molar-refractivity contribution in [3.8, 4) is 0 Å². The van der Waals surface area contributed by atoms with Crippen LogP contribution in [0.15, 0.2) is 12.3 Å². The molecule has 2 nitrogen and oxygen atoms in total. The van der Waals surface area contributed by atoms with Gasteiger partial charge in [0, 0.05) is 15.3 Å². The first-order chi connectivity index (χ1) is 4.74. The summed E-state index contributed by atoms with van der Waals surface area (Å²) in [5.41, 5.74) is 0.574. The summed E-state index contributed by atoms with van der Waals surface area (Å²) in [6.07, 6.45) is 2.21. The molecule has 0 saturated heterocycles. The van der Waals surface area contributed by atoms with Crippen LogP contribution in [0.5, 0.6) is 0 Å². The monoisotopic (exact) mass is 267 g/mol. The maximum absolute atomic E-state index is 10.3. The number of hydrogen-bond acceptors (Lipinski definition) is 2. The van der Waals surface area contributed by atoms with Crippen LogP contribution in [0.25, 0.3) is 0 Å². The van der Waals surface area contributed by atoms with Crippen LogP contribution >= 0.6 is 34.2 Å². The molecule has 0 aliphatic heterocycles. The number of aldehydes is 1. The Bertz CT molecular complexity index is 264. The SMILES string of the molecule is O=Cc1cnc(Cl)cc1I. The summed E-state index contributed by atoms with van der Waals surface area (Å²) in [5, 5.41) is 0.412. The second kappa shape index (κ2) is 3.30. The fourth-order valence-corrected chi connectivity index (χ4v) is 1.41.